The number of methoxy groups -OCH3 is 1. The monoisotopic (exact) mass is 282 g/mol. The van der Waals surface area contributed by atoms with Crippen LogP contribution in [0.25, 0.3) is 0 Å². The highest BCUT2D eigenvalue weighted by Gasteiger charge is 2.20. The first kappa shape index (κ1) is 14.2. The normalized spacial score (nSPS) is 16.1. The van der Waals surface area contributed by atoms with E-state index in [4.69, 9.17) is 16.3 Å². The molecule has 1 fully saturated rings. The molecule has 2 N–H and O–H groups in total. The van der Waals surface area contributed by atoms with E-state index >= 15 is 0 Å². The lowest BCUT2D eigenvalue weighted by Gasteiger charge is -2.22. The largest absolute Gasteiger partial charge is 0.496 e. The first-order valence-electron chi connectivity index (χ1n) is 6.51. The maximum atomic E-state index is 12.0. The molecule has 1 amide bonds. The van der Waals surface area contributed by atoms with Crippen LogP contribution in [0.2, 0.25) is 5.02 Å². The van der Waals surface area contributed by atoms with Crippen molar-refractivity contribution in [3.63, 3.8) is 0 Å². The van der Waals surface area contributed by atoms with Crippen molar-refractivity contribution >= 4 is 17.5 Å². The van der Waals surface area contributed by atoms with Gasteiger partial charge in [-0.05, 0) is 38.1 Å². The lowest BCUT2D eigenvalue weighted by atomic mass is 9.97. The van der Waals surface area contributed by atoms with Gasteiger partial charge in [0.05, 0.1) is 7.11 Å². The summed E-state index contributed by atoms with van der Waals surface area (Å²) in [6.45, 7) is 2.31. The van der Waals surface area contributed by atoms with E-state index in [2.05, 4.69) is 10.6 Å². The number of ether oxygens (including phenoxy) is 1. The lowest BCUT2D eigenvalue weighted by Crippen LogP contribution is -2.37. The van der Waals surface area contributed by atoms with Crippen molar-refractivity contribution in [3.05, 3.63) is 28.8 Å². The third-order valence-electron chi connectivity index (χ3n) is 3.41. The smallest absolute Gasteiger partial charge is 0.223 e. The van der Waals surface area contributed by atoms with Gasteiger partial charge in [0.2, 0.25) is 5.91 Å². The molecule has 1 saturated heterocycles. The Morgan fingerprint density at radius 1 is 1.47 bits per heavy atom. The number of piperidine rings is 1. The van der Waals surface area contributed by atoms with Crippen molar-refractivity contribution in [2.45, 2.75) is 19.4 Å². The van der Waals surface area contributed by atoms with Crippen LogP contribution >= 0.6 is 11.6 Å². The molecule has 0 saturated carbocycles. The minimum absolute atomic E-state index is 0.124. The highest BCUT2D eigenvalue weighted by atomic mass is 35.5. The van der Waals surface area contributed by atoms with Gasteiger partial charge in [-0.3, -0.25) is 4.79 Å². The molecule has 1 aromatic rings. The third kappa shape index (κ3) is 3.85. The fourth-order valence-electron chi connectivity index (χ4n) is 2.28. The number of carbonyl (C=O) groups is 1. The fourth-order valence-corrected chi connectivity index (χ4v) is 2.44. The molecule has 5 heteroatoms. The minimum atomic E-state index is 0.124. The van der Waals surface area contributed by atoms with E-state index in [1.807, 2.05) is 6.07 Å². The molecule has 0 spiro atoms. The van der Waals surface area contributed by atoms with Gasteiger partial charge in [0, 0.05) is 23.0 Å². The zero-order valence-electron chi connectivity index (χ0n) is 11.0. The number of rotatable bonds is 4. The Morgan fingerprint density at radius 2 is 2.21 bits per heavy atom. The molecule has 0 unspecified atom stereocenters. The highest BCUT2D eigenvalue weighted by Crippen LogP contribution is 2.23. The summed E-state index contributed by atoms with van der Waals surface area (Å²) >= 11 is 5.91. The molecule has 0 aromatic heterocycles. The van der Waals surface area contributed by atoms with Gasteiger partial charge in [0.25, 0.3) is 0 Å². The van der Waals surface area contributed by atoms with E-state index in [1.54, 1.807) is 19.2 Å². The van der Waals surface area contributed by atoms with Gasteiger partial charge in [-0.2, -0.15) is 0 Å². The van der Waals surface area contributed by atoms with Gasteiger partial charge in [-0.25, -0.2) is 0 Å². The Hall–Kier alpha value is -1.26. The first-order valence-corrected chi connectivity index (χ1v) is 6.89. The van der Waals surface area contributed by atoms with Crippen LogP contribution in [0.5, 0.6) is 5.75 Å². The molecule has 2 rings (SSSR count). The van der Waals surface area contributed by atoms with Crippen LogP contribution in [-0.2, 0) is 11.3 Å². The van der Waals surface area contributed by atoms with E-state index in [1.165, 1.54) is 0 Å². The Morgan fingerprint density at radius 3 is 2.89 bits per heavy atom. The third-order valence-corrected chi connectivity index (χ3v) is 3.65. The Kier molecular flexibility index (Phi) is 5.05. The first-order chi connectivity index (χ1) is 9.20. The van der Waals surface area contributed by atoms with E-state index in [-0.39, 0.29) is 11.8 Å². The number of benzene rings is 1. The van der Waals surface area contributed by atoms with Gasteiger partial charge < -0.3 is 15.4 Å². The predicted molar refractivity (Wildman–Crippen MR) is 75.4 cm³/mol. The Labute approximate surface area is 118 Å². The van der Waals surface area contributed by atoms with Crippen molar-refractivity contribution in [2.24, 2.45) is 5.92 Å². The topological polar surface area (TPSA) is 50.4 Å². The van der Waals surface area contributed by atoms with E-state index in [9.17, 15) is 4.79 Å². The standard InChI is InChI=1S/C14H19ClN2O2/c1-19-13-8-12(15)3-2-11(13)9-17-14(18)10-4-6-16-7-5-10/h2-3,8,10,16H,4-7,9H2,1H3,(H,17,18). The molecule has 1 heterocycles. The second-order valence-electron chi connectivity index (χ2n) is 4.70. The summed E-state index contributed by atoms with van der Waals surface area (Å²) in [6, 6.07) is 5.44. The summed E-state index contributed by atoms with van der Waals surface area (Å²) in [5.41, 5.74) is 0.939. The summed E-state index contributed by atoms with van der Waals surface area (Å²) in [4.78, 5) is 12.0. The van der Waals surface area contributed by atoms with Gasteiger partial charge in [0.15, 0.2) is 0 Å². The predicted octanol–water partition coefficient (Wildman–Crippen LogP) is 1.96. The maximum absolute atomic E-state index is 12.0. The van der Waals surface area contributed by atoms with Gasteiger partial charge in [0.1, 0.15) is 5.75 Å². The molecule has 1 aliphatic rings. The molecule has 0 atom stereocenters. The van der Waals surface area contributed by atoms with Crippen molar-refractivity contribution in [1.29, 1.82) is 0 Å². The molecule has 1 aromatic carbocycles. The van der Waals surface area contributed by atoms with Crippen molar-refractivity contribution in [3.8, 4) is 5.75 Å². The number of hydrogen-bond donors (Lipinski definition) is 2. The second-order valence-corrected chi connectivity index (χ2v) is 5.13. The molecule has 0 aliphatic carbocycles. The molecule has 1 aliphatic heterocycles. The second kappa shape index (κ2) is 6.78. The Balaban J connectivity index is 1.92. The molecule has 4 nitrogen and oxygen atoms in total. The van der Waals surface area contributed by atoms with Crippen LogP contribution < -0.4 is 15.4 Å². The average Bonchev–Trinajstić information content (AvgIpc) is 2.46. The van der Waals surface area contributed by atoms with Crippen LogP contribution in [0, 0.1) is 5.92 Å². The van der Waals surface area contributed by atoms with E-state index < -0.39 is 0 Å². The summed E-state index contributed by atoms with van der Waals surface area (Å²) in [5.74, 6) is 0.955. The SMILES string of the molecule is COc1cc(Cl)ccc1CNC(=O)C1CCNCC1. The molecular weight excluding hydrogens is 264 g/mol. The van der Waals surface area contributed by atoms with Gasteiger partial charge in [-0.1, -0.05) is 17.7 Å². The quantitative estimate of drug-likeness (QED) is 0.888. The minimum Gasteiger partial charge on any atom is -0.496 e. The number of hydrogen-bond acceptors (Lipinski definition) is 3. The molecule has 0 bridgehead atoms. The van der Waals surface area contributed by atoms with Crippen LogP contribution in [-0.4, -0.2) is 26.1 Å². The highest BCUT2D eigenvalue weighted by molar-refractivity contribution is 6.30. The number of nitrogens with one attached hydrogen (secondary N) is 2. The molecule has 19 heavy (non-hydrogen) atoms. The van der Waals surface area contributed by atoms with Crippen LogP contribution in [0.1, 0.15) is 18.4 Å². The van der Waals surface area contributed by atoms with Crippen LogP contribution in [0.15, 0.2) is 18.2 Å². The molecular formula is C14H19ClN2O2. The lowest BCUT2D eigenvalue weighted by molar-refractivity contribution is -0.125. The van der Waals surface area contributed by atoms with Gasteiger partial charge in [-0.15, -0.1) is 0 Å². The summed E-state index contributed by atoms with van der Waals surface area (Å²) in [6.07, 6.45) is 1.81. The van der Waals surface area contributed by atoms with Crippen LogP contribution in [0.3, 0.4) is 0 Å². The number of amides is 1. The van der Waals surface area contributed by atoms with Crippen molar-refractivity contribution in [1.82, 2.24) is 10.6 Å². The average molecular weight is 283 g/mol. The van der Waals surface area contributed by atoms with Crippen molar-refractivity contribution in [2.75, 3.05) is 20.2 Å². The fraction of sp³-hybridized carbons (Fsp3) is 0.500. The number of carbonyl (C=O) groups excluding carboxylic acids is 1. The zero-order valence-corrected chi connectivity index (χ0v) is 11.8. The van der Waals surface area contributed by atoms with Gasteiger partial charge >= 0.3 is 0 Å². The van der Waals surface area contributed by atoms with E-state index in [0.717, 1.165) is 31.5 Å². The van der Waals surface area contributed by atoms with Crippen molar-refractivity contribution < 1.29 is 9.53 Å². The van der Waals surface area contributed by atoms with E-state index in [0.29, 0.717) is 17.3 Å². The molecule has 0 radical (unpaired) electrons. The summed E-state index contributed by atoms with van der Waals surface area (Å²) < 4.78 is 5.26. The summed E-state index contributed by atoms with van der Waals surface area (Å²) in [7, 11) is 1.60. The Bertz CT molecular complexity index is 445. The number of halogens is 1. The maximum Gasteiger partial charge on any atom is 0.223 e. The zero-order chi connectivity index (χ0) is 13.7. The summed E-state index contributed by atoms with van der Waals surface area (Å²) in [5, 5.41) is 6.86. The molecule has 104 valence electrons. The van der Waals surface area contributed by atoms with Crippen LogP contribution in [0.4, 0.5) is 0 Å².